The molecular formula is C11H13BrN2O3S3. The van der Waals surface area contributed by atoms with Gasteiger partial charge in [-0.1, -0.05) is 13.8 Å². The molecular weight excluding hydrogens is 384 g/mol. The summed E-state index contributed by atoms with van der Waals surface area (Å²) in [7, 11) is -3.70. The SMILES string of the molecule is CC(C)c1csc(NS(=O)(=O)c2cc(CO)sc2Br)n1. The summed E-state index contributed by atoms with van der Waals surface area (Å²) in [5.74, 6) is 0.248. The normalized spacial score (nSPS) is 12.1. The van der Waals surface area contributed by atoms with E-state index < -0.39 is 10.0 Å². The monoisotopic (exact) mass is 396 g/mol. The van der Waals surface area contributed by atoms with Gasteiger partial charge in [-0.2, -0.15) is 0 Å². The van der Waals surface area contributed by atoms with Crippen LogP contribution in [-0.2, 0) is 16.6 Å². The first kappa shape index (κ1) is 15.9. The lowest BCUT2D eigenvalue weighted by molar-refractivity contribution is 0.285. The van der Waals surface area contributed by atoms with E-state index in [0.717, 1.165) is 5.69 Å². The Balaban J connectivity index is 2.28. The topological polar surface area (TPSA) is 79.3 Å². The highest BCUT2D eigenvalue weighted by Gasteiger charge is 2.22. The van der Waals surface area contributed by atoms with Gasteiger partial charge in [0, 0.05) is 10.3 Å². The van der Waals surface area contributed by atoms with Crippen LogP contribution in [0.4, 0.5) is 5.13 Å². The summed E-state index contributed by atoms with van der Waals surface area (Å²) in [6.45, 7) is 3.81. The molecule has 0 aromatic carbocycles. The molecule has 2 heterocycles. The zero-order valence-electron chi connectivity index (χ0n) is 10.8. The van der Waals surface area contributed by atoms with Crippen LogP contribution in [0.25, 0.3) is 0 Å². The predicted octanol–water partition coefficient (Wildman–Crippen LogP) is 3.38. The van der Waals surface area contributed by atoms with E-state index in [9.17, 15) is 8.42 Å². The average Bonchev–Trinajstić information content (AvgIpc) is 2.95. The van der Waals surface area contributed by atoms with Crippen molar-refractivity contribution in [2.45, 2.75) is 31.3 Å². The number of thiazole rings is 1. The van der Waals surface area contributed by atoms with Gasteiger partial charge in [0.1, 0.15) is 4.90 Å². The molecule has 0 radical (unpaired) electrons. The van der Waals surface area contributed by atoms with Crippen LogP contribution in [0.2, 0.25) is 0 Å². The lowest BCUT2D eigenvalue weighted by Gasteiger charge is -2.03. The standard InChI is InChI=1S/C11H13BrN2O3S3/c1-6(2)8-5-18-11(13-8)14-20(16,17)9-3-7(4-15)19-10(9)12/h3,5-6,15H,4H2,1-2H3,(H,13,14). The fourth-order valence-electron chi connectivity index (χ4n) is 1.43. The molecule has 5 nitrogen and oxygen atoms in total. The Labute approximate surface area is 133 Å². The van der Waals surface area contributed by atoms with E-state index in [1.807, 2.05) is 19.2 Å². The lowest BCUT2D eigenvalue weighted by Crippen LogP contribution is -2.12. The van der Waals surface area contributed by atoms with E-state index >= 15 is 0 Å². The molecule has 0 saturated heterocycles. The molecule has 110 valence electrons. The van der Waals surface area contributed by atoms with Crippen LogP contribution in [0, 0.1) is 0 Å². The Morgan fingerprint density at radius 2 is 2.20 bits per heavy atom. The molecule has 2 N–H and O–H groups in total. The summed E-state index contributed by atoms with van der Waals surface area (Å²) < 4.78 is 27.5. The molecule has 0 aliphatic carbocycles. The molecule has 0 aliphatic rings. The van der Waals surface area contributed by atoms with Crippen LogP contribution >= 0.6 is 38.6 Å². The first-order chi connectivity index (χ1) is 9.33. The predicted molar refractivity (Wildman–Crippen MR) is 85.0 cm³/mol. The lowest BCUT2D eigenvalue weighted by atomic mass is 10.2. The number of nitrogens with one attached hydrogen (secondary N) is 1. The number of thiophene rings is 1. The summed E-state index contributed by atoms with van der Waals surface area (Å²) in [6.07, 6.45) is 0. The van der Waals surface area contributed by atoms with Crippen LogP contribution in [0.15, 0.2) is 20.1 Å². The molecule has 0 unspecified atom stereocenters. The quantitative estimate of drug-likeness (QED) is 0.811. The van der Waals surface area contributed by atoms with Crippen molar-refractivity contribution in [1.82, 2.24) is 4.98 Å². The summed E-state index contributed by atoms with van der Waals surface area (Å²) >= 11 is 5.65. The van der Waals surface area contributed by atoms with Crippen LogP contribution in [0.5, 0.6) is 0 Å². The summed E-state index contributed by atoms with van der Waals surface area (Å²) in [6, 6.07) is 1.45. The number of nitrogens with zero attached hydrogens (tertiary/aromatic N) is 1. The van der Waals surface area contributed by atoms with Crippen molar-refractivity contribution in [2.75, 3.05) is 4.72 Å². The van der Waals surface area contributed by atoms with E-state index in [-0.39, 0.29) is 17.4 Å². The van der Waals surface area contributed by atoms with Crippen molar-refractivity contribution in [3.8, 4) is 0 Å². The summed E-state index contributed by atoms with van der Waals surface area (Å²) in [5.41, 5.74) is 0.855. The molecule has 20 heavy (non-hydrogen) atoms. The van der Waals surface area contributed by atoms with Crippen LogP contribution in [-0.4, -0.2) is 18.5 Å². The molecule has 0 aliphatic heterocycles. The zero-order valence-corrected chi connectivity index (χ0v) is 14.8. The largest absolute Gasteiger partial charge is 0.391 e. The van der Waals surface area contributed by atoms with Crippen molar-refractivity contribution < 1.29 is 13.5 Å². The number of anilines is 1. The highest BCUT2D eigenvalue weighted by molar-refractivity contribution is 9.11. The van der Waals surface area contributed by atoms with Gasteiger partial charge in [0.05, 0.1) is 16.1 Å². The molecule has 0 spiro atoms. The van der Waals surface area contributed by atoms with Gasteiger partial charge in [0.15, 0.2) is 5.13 Å². The minimum Gasteiger partial charge on any atom is -0.391 e. The maximum atomic E-state index is 12.3. The zero-order chi connectivity index (χ0) is 14.9. The minimum atomic E-state index is -3.70. The van der Waals surface area contributed by atoms with Gasteiger partial charge in [0.25, 0.3) is 10.0 Å². The second kappa shape index (κ2) is 6.10. The van der Waals surface area contributed by atoms with Gasteiger partial charge in [0.2, 0.25) is 0 Å². The first-order valence-electron chi connectivity index (χ1n) is 5.71. The van der Waals surface area contributed by atoms with Gasteiger partial charge >= 0.3 is 0 Å². The fourth-order valence-corrected chi connectivity index (χ4v) is 6.10. The molecule has 2 aromatic rings. The third-order valence-corrected chi connectivity index (χ3v) is 6.97. The molecule has 2 rings (SSSR count). The van der Waals surface area contributed by atoms with Crippen molar-refractivity contribution in [2.24, 2.45) is 0 Å². The highest BCUT2D eigenvalue weighted by atomic mass is 79.9. The van der Waals surface area contributed by atoms with E-state index in [4.69, 9.17) is 5.11 Å². The molecule has 2 aromatic heterocycles. The Morgan fingerprint density at radius 3 is 2.70 bits per heavy atom. The van der Waals surface area contributed by atoms with Crippen LogP contribution < -0.4 is 4.72 Å². The maximum absolute atomic E-state index is 12.3. The van der Waals surface area contributed by atoms with E-state index in [1.165, 1.54) is 28.7 Å². The maximum Gasteiger partial charge on any atom is 0.265 e. The number of aromatic nitrogens is 1. The van der Waals surface area contributed by atoms with E-state index in [0.29, 0.717) is 13.8 Å². The molecule has 0 atom stereocenters. The molecule has 9 heteroatoms. The van der Waals surface area contributed by atoms with Gasteiger partial charge in [-0.05, 0) is 27.9 Å². The van der Waals surface area contributed by atoms with E-state index in [2.05, 4.69) is 25.6 Å². The number of halogens is 1. The minimum absolute atomic E-state index is 0.118. The fraction of sp³-hybridized carbons (Fsp3) is 0.364. The number of hydrogen-bond donors (Lipinski definition) is 2. The number of aliphatic hydroxyl groups excluding tert-OH is 1. The third kappa shape index (κ3) is 3.40. The number of rotatable bonds is 5. The Kier molecular flexibility index (Phi) is 4.85. The van der Waals surface area contributed by atoms with Crippen molar-refractivity contribution >= 4 is 53.8 Å². The van der Waals surface area contributed by atoms with E-state index in [1.54, 1.807) is 0 Å². The Morgan fingerprint density at radius 1 is 1.50 bits per heavy atom. The van der Waals surface area contributed by atoms with Crippen LogP contribution in [0.3, 0.4) is 0 Å². The number of hydrogen-bond acceptors (Lipinski definition) is 6. The second-order valence-electron chi connectivity index (χ2n) is 4.35. The third-order valence-electron chi connectivity index (χ3n) is 2.49. The Bertz CT molecular complexity index is 706. The van der Waals surface area contributed by atoms with Crippen molar-refractivity contribution in [3.63, 3.8) is 0 Å². The Hall–Kier alpha value is -0.480. The molecule has 0 bridgehead atoms. The molecule has 0 amide bonds. The highest BCUT2D eigenvalue weighted by Crippen LogP contribution is 2.33. The number of aliphatic hydroxyl groups is 1. The van der Waals surface area contributed by atoms with Crippen LogP contribution in [0.1, 0.15) is 30.3 Å². The average molecular weight is 397 g/mol. The van der Waals surface area contributed by atoms with Gasteiger partial charge in [-0.15, -0.1) is 22.7 Å². The summed E-state index contributed by atoms with van der Waals surface area (Å²) in [5, 5.41) is 11.2. The molecule has 0 saturated carbocycles. The second-order valence-corrected chi connectivity index (χ2v) is 9.31. The smallest absolute Gasteiger partial charge is 0.265 e. The van der Waals surface area contributed by atoms with Gasteiger partial charge < -0.3 is 5.11 Å². The summed E-state index contributed by atoms with van der Waals surface area (Å²) in [4.78, 5) is 4.95. The first-order valence-corrected chi connectivity index (χ1v) is 9.68. The number of sulfonamides is 1. The van der Waals surface area contributed by atoms with Gasteiger partial charge in [-0.25, -0.2) is 13.4 Å². The molecule has 0 fully saturated rings. The van der Waals surface area contributed by atoms with Crippen molar-refractivity contribution in [1.29, 1.82) is 0 Å². The van der Waals surface area contributed by atoms with Gasteiger partial charge in [-0.3, -0.25) is 4.72 Å². The van der Waals surface area contributed by atoms with Crippen molar-refractivity contribution in [3.05, 3.63) is 25.8 Å².